The van der Waals surface area contributed by atoms with Crippen molar-refractivity contribution in [1.29, 1.82) is 0 Å². The van der Waals surface area contributed by atoms with Crippen LogP contribution < -0.4 is 4.90 Å². The molecule has 1 N–H and O–H groups in total. The highest BCUT2D eigenvalue weighted by molar-refractivity contribution is 8.14. The summed E-state index contributed by atoms with van der Waals surface area (Å²) in [7, 11) is 0. The molecule has 4 rings (SSSR count). The van der Waals surface area contributed by atoms with Crippen LogP contribution in [0.5, 0.6) is 0 Å². The Bertz CT molecular complexity index is 507. The van der Waals surface area contributed by atoms with Gasteiger partial charge in [0.2, 0.25) is 0 Å². The number of ether oxygens (including phenoxy) is 1. The van der Waals surface area contributed by atoms with Crippen LogP contribution in [0.25, 0.3) is 0 Å². The van der Waals surface area contributed by atoms with Crippen molar-refractivity contribution in [3.63, 3.8) is 0 Å². The van der Waals surface area contributed by atoms with Crippen LogP contribution in [0.1, 0.15) is 0 Å². The van der Waals surface area contributed by atoms with Crippen molar-refractivity contribution >= 4 is 22.6 Å². The van der Waals surface area contributed by atoms with Crippen LogP contribution in [0.3, 0.4) is 0 Å². The summed E-state index contributed by atoms with van der Waals surface area (Å²) in [5.41, 5.74) is 1.15. The zero-order valence-corrected chi connectivity index (χ0v) is 9.80. The van der Waals surface area contributed by atoms with Crippen molar-refractivity contribution < 1.29 is 9.84 Å². The van der Waals surface area contributed by atoms with Gasteiger partial charge in [0.25, 0.3) is 0 Å². The largest absolute Gasteiger partial charge is 0.373 e. The highest BCUT2D eigenvalue weighted by Gasteiger charge is 2.45. The monoisotopic (exact) mass is 249 g/mol. The zero-order valence-electron chi connectivity index (χ0n) is 8.98. The quantitative estimate of drug-likeness (QED) is 0.739. The summed E-state index contributed by atoms with van der Waals surface area (Å²) >= 11 is 1.64. The second kappa shape index (κ2) is 3.38. The van der Waals surface area contributed by atoms with E-state index in [1.54, 1.807) is 16.8 Å². The lowest BCUT2D eigenvalue weighted by atomic mass is 10.2. The van der Waals surface area contributed by atoms with E-state index in [1.165, 1.54) is 4.90 Å². The standard InChI is InChI=1S/C11H11N3O2S/c15-10-6-16-5-9-13-7-3-1-2-4-8(7)17-11(13)12-14(9)10/h1-4,9-10,15H,5-6H2. The van der Waals surface area contributed by atoms with E-state index in [0.29, 0.717) is 13.2 Å². The second-order valence-corrected chi connectivity index (χ2v) is 5.21. The van der Waals surface area contributed by atoms with Gasteiger partial charge in [0.1, 0.15) is 0 Å². The third kappa shape index (κ3) is 1.25. The first-order valence-corrected chi connectivity index (χ1v) is 6.35. The topological polar surface area (TPSA) is 48.3 Å². The Labute approximate surface area is 103 Å². The molecule has 0 bridgehead atoms. The number of hydrogen-bond donors (Lipinski definition) is 1. The van der Waals surface area contributed by atoms with Gasteiger partial charge in [-0.2, -0.15) is 0 Å². The minimum atomic E-state index is -0.639. The smallest absolute Gasteiger partial charge is 0.194 e. The van der Waals surface area contributed by atoms with Gasteiger partial charge >= 0.3 is 0 Å². The molecular weight excluding hydrogens is 238 g/mol. The third-order valence-corrected chi connectivity index (χ3v) is 4.20. The van der Waals surface area contributed by atoms with E-state index < -0.39 is 6.23 Å². The highest BCUT2D eigenvalue weighted by Crippen LogP contribution is 2.45. The molecule has 6 heteroatoms. The van der Waals surface area contributed by atoms with Crippen molar-refractivity contribution in [3.8, 4) is 0 Å². The van der Waals surface area contributed by atoms with Gasteiger partial charge in [-0.3, -0.25) is 4.90 Å². The fraction of sp³-hybridized carbons (Fsp3) is 0.364. The van der Waals surface area contributed by atoms with Crippen molar-refractivity contribution in [2.24, 2.45) is 5.10 Å². The first-order valence-electron chi connectivity index (χ1n) is 5.53. The maximum absolute atomic E-state index is 9.84. The Morgan fingerprint density at radius 2 is 2.24 bits per heavy atom. The number of fused-ring (bicyclic) bond motifs is 5. The van der Waals surface area contributed by atoms with Gasteiger partial charge in [-0.1, -0.05) is 12.1 Å². The number of aliphatic hydroxyl groups excluding tert-OH is 1. The predicted octanol–water partition coefficient (Wildman–Crippen LogP) is 0.860. The minimum Gasteiger partial charge on any atom is -0.373 e. The first kappa shape index (κ1) is 9.76. The maximum atomic E-state index is 9.84. The molecule has 0 aliphatic carbocycles. The molecule has 3 heterocycles. The number of rotatable bonds is 0. The van der Waals surface area contributed by atoms with Crippen LogP contribution in [0.15, 0.2) is 34.3 Å². The Kier molecular flexibility index (Phi) is 1.94. The SMILES string of the molecule is OC1COCC2N3C(=NN12)Sc1ccccc13. The number of benzene rings is 1. The molecule has 0 radical (unpaired) electrons. The molecule has 0 amide bonds. The molecule has 3 aliphatic heterocycles. The van der Waals surface area contributed by atoms with Crippen molar-refractivity contribution in [2.45, 2.75) is 17.3 Å². The molecule has 1 aromatic rings. The van der Waals surface area contributed by atoms with E-state index in [9.17, 15) is 5.11 Å². The average Bonchev–Trinajstić information content (AvgIpc) is 2.85. The molecule has 1 fully saturated rings. The summed E-state index contributed by atoms with van der Waals surface area (Å²) in [5.74, 6) is 0. The van der Waals surface area contributed by atoms with E-state index in [2.05, 4.69) is 22.1 Å². The lowest BCUT2D eigenvalue weighted by molar-refractivity contribution is -0.126. The number of aliphatic hydroxyl groups is 1. The molecule has 2 atom stereocenters. The zero-order chi connectivity index (χ0) is 11.4. The van der Waals surface area contributed by atoms with Gasteiger partial charge in [-0.15, -0.1) is 5.10 Å². The van der Waals surface area contributed by atoms with Gasteiger partial charge < -0.3 is 9.84 Å². The van der Waals surface area contributed by atoms with E-state index in [0.717, 1.165) is 10.9 Å². The molecule has 0 aromatic heterocycles. The van der Waals surface area contributed by atoms with Crippen LogP contribution >= 0.6 is 11.8 Å². The third-order valence-electron chi connectivity index (χ3n) is 3.18. The molecule has 17 heavy (non-hydrogen) atoms. The Morgan fingerprint density at radius 1 is 1.35 bits per heavy atom. The van der Waals surface area contributed by atoms with E-state index in [4.69, 9.17) is 4.74 Å². The number of nitrogens with zero attached hydrogens (tertiary/aromatic N) is 3. The number of morpholine rings is 1. The number of hydrazone groups is 1. The van der Waals surface area contributed by atoms with Crippen LogP contribution in [0, 0.1) is 0 Å². The van der Waals surface area contributed by atoms with Gasteiger partial charge in [-0.05, 0) is 23.9 Å². The van der Waals surface area contributed by atoms with Gasteiger partial charge in [0, 0.05) is 4.90 Å². The maximum Gasteiger partial charge on any atom is 0.194 e. The molecule has 88 valence electrons. The molecule has 5 nitrogen and oxygen atoms in total. The average molecular weight is 249 g/mol. The van der Waals surface area contributed by atoms with E-state index in [-0.39, 0.29) is 6.17 Å². The number of para-hydroxylation sites is 1. The Morgan fingerprint density at radius 3 is 3.18 bits per heavy atom. The van der Waals surface area contributed by atoms with Crippen molar-refractivity contribution in [3.05, 3.63) is 24.3 Å². The predicted molar refractivity (Wildman–Crippen MR) is 64.7 cm³/mol. The summed E-state index contributed by atoms with van der Waals surface area (Å²) < 4.78 is 5.40. The van der Waals surface area contributed by atoms with Crippen molar-refractivity contribution in [1.82, 2.24) is 5.01 Å². The molecular formula is C11H11N3O2S. The Hall–Kier alpha value is -1.24. The molecule has 0 spiro atoms. The molecule has 1 saturated heterocycles. The summed E-state index contributed by atoms with van der Waals surface area (Å²) in [4.78, 5) is 3.36. The number of anilines is 1. The highest BCUT2D eigenvalue weighted by atomic mass is 32.2. The van der Waals surface area contributed by atoms with Crippen LogP contribution in [0.4, 0.5) is 5.69 Å². The molecule has 2 unspecified atom stereocenters. The van der Waals surface area contributed by atoms with Crippen LogP contribution in [-0.4, -0.2) is 40.9 Å². The fourth-order valence-corrected chi connectivity index (χ4v) is 3.47. The first-order chi connectivity index (χ1) is 8.34. The summed E-state index contributed by atoms with van der Waals surface area (Å²) in [6, 6.07) is 8.21. The lowest BCUT2D eigenvalue weighted by Crippen LogP contribution is -2.53. The van der Waals surface area contributed by atoms with Gasteiger partial charge in [0.05, 0.1) is 18.9 Å². The van der Waals surface area contributed by atoms with Crippen LogP contribution in [-0.2, 0) is 4.74 Å². The fourth-order valence-electron chi connectivity index (χ4n) is 2.40. The lowest BCUT2D eigenvalue weighted by Gasteiger charge is -2.36. The van der Waals surface area contributed by atoms with E-state index in [1.807, 2.05) is 12.1 Å². The summed E-state index contributed by atoms with van der Waals surface area (Å²) in [5, 5.41) is 17.0. The Balaban J connectivity index is 1.78. The molecule has 3 aliphatic rings. The second-order valence-electron chi connectivity index (χ2n) is 4.20. The molecule has 1 aromatic carbocycles. The summed E-state index contributed by atoms with van der Waals surface area (Å²) in [6.45, 7) is 0.895. The normalized spacial score (nSPS) is 29.8. The van der Waals surface area contributed by atoms with Crippen molar-refractivity contribution in [2.75, 3.05) is 18.1 Å². The number of amidine groups is 1. The molecule has 0 saturated carbocycles. The summed E-state index contributed by atoms with van der Waals surface area (Å²) in [6.07, 6.45) is -0.649. The number of thioether (sulfide) groups is 1. The number of hydrogen-bond acceptors (Lipinski definition) is 6. The van der Waals surface area contributed by atoms with Gasteiger partial charge in [0.15, 0.2) is 17.6 Å². The van der Waals surface area contributed by atoms with E-state index >= 15 is 0 Å². The van der Waals surface area contributed by atoms with Crippen LogP contribution in [0.2, 0.25) is 0 Å². The minimum absolute atomic E-state index is 0.00935. The van der Waals surface area contributed by atoms with Gasteiger partial charge in [-0.25, -0.2) is 5.01 Å².